The summed E-state index contributed by atoms with van der Waals surface area (Å²) in [7, 11) is 0. The Hall–Kier alpha value is -2.54. The van der Waals surface area contributed by atoms with Crippen molar-refractivity contribution in [2.75, 3.05) is 16.4 Å². The van der Waals surface area contributed by atoms with Crippen LogP contribution >= 0.6 is 11.8 Å². The van der Waals surface area contributed by atoms with Gasteiger partial charge in [-0.15, -0.1) is 11.8 Å². The van der Waals surface area contributed by atoms with E-state index >= 15 is 0 Å². The number of thioether (sulfide) groups is 1. The highest BCUT2D eigenvalue weighted by atomic mass is 32.2. The van der Waals surface area contributed by atoms with Crippen LogP contribution in [0.4, 0.5) is 20.6 Å². The first-order valence-electron chi connectivity index (χ1n) is 8.42. The van der Waals surface area contributed by atoms with Crippen molar-refractivity contribution < 1.29 is 18.7 Å². The molecule has 2 aromatic rings. The Bertz CT molecular complexity index is 834. The molecule has 2 rings (SSSR count). The van der Waals surface area contributed by atoms with Crippen LogP contribution in [0.2, 0.25) is 0 Å². The van der Waals surface area contributed by atoms with Gasteiger partial charge in [-0.05, 0) is 57.5 Å². The predicted molar refractivity (Wildman–Crippen MR) is 107 cm³/mol. The zero-order chi connectivity index (χ0) is 20.0. The Kier molecular flexibility index (Phi) is 6.85. The molecule has 0 saturated carbocycles. The van der Waals surface area contributed by atoms with E-state index in [-0.39, 0.29) is 23.0 Å². The summed E-state index contributed by atoms with van der Waals surface area (Å²) >= 11 is 1.39. The minimum atomic E-state index is -0.682. The highest BCUT2D eigenvalue weighted by molar-refractivity contribution is 8.00. The molecule has 0 aliphatic heterocycles. The molecule has 2 N–H and O–H groups in total. The Balaban J connectivity index is 2.04. The molecule has 144 valence electrons. The van der Waals surface area contributed by atoms with Crippen LogP contribution in [0.5, 0.6) is 0 Å². The second-order valence-electron chi connectivity index (χ2n) is 6.92. The zero-order valence-electron chi connectivity index (χ0n) is 15.8. The van der Waals surface area contributed by atoms with E-state index in [9.17, 15) is 14.0 Å². The molecule has 0 aliphatic carbocycles. The molecule has 5 nitrogen and oxygen atoms in total. The molecule has 27 heavy (non-hydrogen) atoms. The van der Waals surface area contributed by atoms with Gasteiger partial charge in [0.2, 0.25) is 5.91 Å². The number of nitrogens with one attached hydrogen (secondary N) is 2. The molecule has 0 fully saturated rings. The molecule has 0 heterocycles. The summed E-state index contributed by atoms with van der Waals surface area (Å²) in [5.74, 6) is -0.666. The lowest BCUT2D eigenvalue weighted by Crippen LogP contribution is -2.27. The van der Waals surface area contributed by atoms with E-state index in [0.717, 1.165) is 16.5 Å². The van der Waals surface area contributed by atoms with Crippen molar-refractivity contribution in [2.45, 2.75) is 38.2 Å². The number of amides is 2. The third kappa shape index (κ3) is 6.94. The maximum Gasteiger partial charge on any atom is 0.412 e. The SMILES string of the molecule is Cc1ccccc1SCC(=O)Nc1cc(F)ccc1NC(=O)OC(C)(C)C. The van der Waals surface area contributed by atoms with Crippen LogP contribution in [0.15, 0.2) is 47.4 Å². The Morgan fingerprint density at radius 2 is 1.78 bits per heavy atom. The minimum absolute atomic E-state index is 0.160. The fourth-order valence-corrected chi connectivity index (χ4v) is 3.02. The number of ether oxygens (including phenoxy) is 1. The van der Waals surface area contributed by atoms with Crippen LogP contribution in [-0.2, 0) is 9.53 Å². The number of hydrogen-bond acceptors (Lipinski definition) is 4. The van der Waals surface area contributed by atoms with Gasteiger partial charge in [-0.2, -0.15) is 0 Å². The van der Waals surface area contributed by atoms with Crippen LogP contribution in [0.3, 0.4) is 0 Å². The van der Waals surface area contributed by atoms with Gasteiger partial charge in [0.1, 0.15) is 11.4 Å². The summed E-state index contributed by atoms with van der Waals surface area (Å²) < 4.78 is 18.8. The zero-order valence-corrected chi connectivity index (χ0v) is 16.6. The molecule has 0 bridgehead atoms. The summed E-state index contributed by atoms with van der Waals surface area (Å²) in [6.07, 6.45) is -0.682. The van der Waals surface area contributed by atoms with Crippen LogP contribution in [0, 0.1) is 12.7 Å². The molecule has 0 saturated heterocycles. The van der Waals surface area contributed by atoms with E-state index in [2.05, 4.69) is 10.6 Å². The minimum Gasteiger partial charge on any atom is -0.444 e. The van der Waals surface area contributed by atoms with E-state index in [1.165, 1.54) is 23.9 Å². The van der Waals surface area contributed by atoms with Crippen molar-refractivity contribution in [3.8, 4) is 0 Å². The summed E-state index contributed by atoms with van der Waals surface area (Å²) in [6, 6.07) is 11.5. The molecule has 0 aliphatic rings. The van der Waals surface area contributed by atoms with Gasteiger partial charge < -0.3 is 10.1 Å². The highest BCUT2D eigenvalue weighted by Gasteiger charge is 2.18. The Morgan fingerprint density at radius 1 is 1.07 bits per heavy atom. The molecule has 0 atom stereocenters. The smallest absolute Gasteiger partial charge is 0.412 e. The number of rotatable bonds is 5. The van der Waals surface area contributed by atoms with Crippen molar-refractivity contribution in [1.82, 2.24) is 0 Å². The van der Waals surface area contributed by atoms with Gasteiger partial charge >= 0.3 is 6.09 Å². The fourth-order valence-electron chi connectivity index (χ4n) is 2.19. The number of halogens is 1. The van der Waals surface area contributed by atoms with Crippen molar-refractivity contribution in [1.29, 1.82) is 0 Å². The summed E-state index contributed by atoms with van der Waals surface area (Å²) in [4.78, 5) is 25.2. The second kappa shape index (κ2) is 8.90. The lowest BCUT2D eigenvalue weighted by atomic mass is 10.2. The topological polar surface area (TPSA) is 67.4 Å². The average Bonchev–Trinajstić information content (AvgIpc) is 2.55. The van der Waals surface area contributed by atoms with Crippen molar-refractivity contribution in [3.05, 3.63) is 53.8 Å². The van der Waals surface area contributed by atoms with Crippen LogP contribution in [-0.4, -0.2) is 23.4 Å². The third-order valence-electron chi connectivity index (χ3n) is 3.34. The summed E-state index contributed by atoms with van der Waals surface area (Å²) in [6.45, 7) is 7.18. The molecule has 2 amide bonds. The first-order valence-corrected chi connectivity index (χ1v) is 9.40. The van der Waals surface area contributed by atoms with Gasteiger partial charge in [-0.25, -0.2) is 9.18 Å². The fraction of sp³-hybridized carbons (Fsp3) is 0.300. The van der Waals surface area contributed by atoms with E-state index < -0.39 is 17.5 Å². The molecule has 0 unspecified atom stereocenters. The molecular weight excluding hydrogens is 367 g/mol. The molecule has 2 aromatic carbocycles. The molecule has 7 heteroatoms. The number of aryl methyl sites for hydroxylation is 1. The first-order chi connectivity index (χ1) is 12.6. The molecule has 0 aromatic heterocycles. The largest absolute Gasteiger partial charge is 0.444 e. The van der Waals surface area contributed by atoms with E-state index in [0.29, 0.717) is 0 Å². The third-order valence-corrected chi connectivity index (χ3v) is 4.52. The molecular formula is C20H23FN2O3S. The predicted octanol–water partition coefficient (Wildman–Crippen LogP) is 5.21. The summed E-state index contributed by atoms with van der Waals surface area (Å²) in [5, 5.41) is 5.17. The van der Waals surface area contributed by atoms with E-state index in [1.807, 2.05) is 31.2 Å². The standard InChI is InChI=1S/C20H23FN2O3S/c1-13-7-5-6-8-17(13)27-12-18(24)22-16-11-14(21)9-10-15(16)23-19(25)26-20(2,3)4/h5-11H,12H2,1-4H3,(H,22,24)(H,23,25). The maximum atomic E-state index is 13.6. The quantitative estimate of drug-likeness (QED) is 0.688. The number of benzene rings is 2. The lowest BCUT2D eigenvalue weighted by Gasteiger charge is -2.20. The summed E-state index contributed by atoms with van der Waals surface area (Å²) in [5.41, 5.74) is 0.849. The first kappa shape index (κ1) is 20.8. The monoisotopic (exact) mass is 390 g/mol. The number of anilines is 2. The van der Waals surface area contributed by atoms with Gasteiger partial charge in [0, 0.05) is 4.90 Å². The van der Waals surface area contributed by atoms with Crippen molar-refractivity contribution in [3.63, 3.8) is 0 Å². The highest BCUT2D eigenvalue weighted by Crippen LogP contribution is 2.25. The van der Waals surface area contributed by atoms with Gasteiger partial charge in [0.15, 0.2) is 0 Å². The van der Waals surface area contributed by atoms with Gasteiger partial charge in [-0.1, -0.05) is 18.2 Å². The van der Waals surface area contributed by atoms with Crippen LogP contribution < -0.4 is 10.6 Å². The number of hydrogen-bond donors (Lipinski definition) is 2. The second-order valence-corrected chi connectivity index (χ2v) is 7.94. The molecule has 0 radical (unpaired) electrons. The average molecular weight is 390 g/mol. The number of carbonyl (C=O) groups is 2. The normalized spacial score (nSPS) is 11.0. The van der Waals surface area contributed by atoms with Crippen LogP contribution in [0.1, 0.15) is 26.3 Å². The maximum absolute atomic E-state index is 13.6. The van der Waals surface area contributed by atoms with Gasteiger partial charge in [0.25, 0.3) is 0 Å². The van der Waals surface area contributed by atoms with E-state index in [4.69, 9.17) is 4.74 Å². The van der Waals surface area contributed by atoms with Crippen molar-refractivity contribution >= 4 is 35.1 Å². The van der Waals surface area contributed by atoms with Gasteiger partial charge in [-0.3, -0.25) is 10.1 Å². The lowest BCUT2D eigenvalue weighted by molar-refractivity contribution is -0.113. The van der Waals surface area contributed by atoms with Crippen LogP contribution in [0.25, 0.3) is 0 Å². The van der Waals surface area contributed by atoms with Gasteiger partial charge in [0.05, 0.1) is 17.1 Å². The Morgan fingerprint density at radius 3 is 2.44 bits per heavy atom. The van der Waals surface area contributed by atoms with Crippen molar-refractivity contribution in [2.24, 2.45) is 0 Å². The van der Waals surface area contributed by atoms with E-state index in [1.54, 1.807) is 20.8 Å². The molecule has 0 spiro atoms. The number of carbonyl (C=O) groups excluding carboxylic acids is 2. The Labute approximate surface area is 162 Å².